The number of alkyl carbamates (subject to hydrolysis) is 1. The molecule has 0 radical (unpaired) electrons. The monoisotopic (exact) mass is 467 g/mol. The van der Waals surface area contributed by atoms with Gasteiger partial charge in [0.1, 0.15) is 23.9 Å². The Kier molecular flexibility index (Phi) is 7.49. The molecule has 2 aromatic rings. The molecule has 8 nitrogen and oxygen atoms in total. The lowest BCUT2D eigenvalue weighted by Gasteiger charge is -2.32. The molecule has 0 spiro atoms. The van der Waals surface area contributed by atoms with Gasteiger partial charge in [-0.05, 0) is 64.7 Å². The quantitative estimate of drug-likeness (QED) is 0.566. The molecule has 1 fully saturated rings. The van der Waals surface area contributed by atoms with Crippen LogP contribution in [0.3, 0.4) is 0 Å². The topological polar surface area (TPSA) is 108 Å². The lowest BCUT2D eigenvalue weighted by Crippen LogP contribution is -2.47. The number of ether oxygens (including phenoxy) is 1. The van der Waals surface area contributed by atoms with E-state index in [4.69, 9.17) is 4.74 Å². The van der Waals surface area contributed by atoms with Crippen molar-refractivity contribution in [3.8, 4) is 5.75 Å². The lowest BCUT2D eigenvalue weighted by atomic mass is 9.99. The number of carbonyl (C=O) groups excluding carboxylic acids is 3. The standard InChI is InChI=1S/C26H33N3O5/c1-16-9-6-7-12-20(16)28-24(32)22(19-11-8-10-17(2)23(19)31)29(18-13-14-18)21(30)15-27-25(33)34-26(3,4)5/h6-12,18,22,31H,13-15H2,1-5H3,(H,27,33)(H,28,32). The van der Waals surface area contributed by atoms with Gasteiger partial charge >= 0.3 is 6.09 Å². The molecule has 1 aliphatic rings. The first-order valence-electron chi connectivity index (χ1n) is 11.4. The van der Waals surface area contributed by atoms with E-state index in [-0.39, 0.29) is 18.3 Å². The van der Waals surface area contributed by atoms with Crippen LogP contribution in [0.1, 0.15) is 56.3 Å². The molecular weight excluding hydrogens is 434 g/mol. The summed E-state index contributed by atoms with van der Waals surface area (Å²) >= 11 is 0. The number of phenols is 1. The number of hydrogen-bond donors (Lipinski definition) is 3. The molecular formula is C26H33N3O5. The Morgan fingerprint density at radius 1 is 1.06 bits per heavy atom. The number of amides is 3. The number of phenolic OH excluding ortho intramolecular Hbond substituents is 1. The van der Waals surface area contributed by atoms with Crippen LogP contribution in [0.25, 0.3) is 0 Å². The van der Waals surface area contributed by atoms with Gasteiger partial charge in [0.05, 0.1) is 0 Å². The van der Waals surface area contributed by atoms with Crippen LogP contribution in [-0.4, -0.2) is 46.1 Å². The molecule has 3 N–H and O–H groups in total. The average Bonchev–Trinajstić information content (AvgIpc) is 3.58. The number of anilines is 1. The molecule has 1 saturated carbocycles. The van der Waals surface area contributed by atoms with Crippen molar-refractivity contribution in [3.05, 3.63) is 59.2 Å². The van der Waals surface area contributed by atoms with Crippen LogP contribution >= 0.6 is 0 Å². The Morgan fingerprint density at radius 3 is 2.32 bits per heavy atom. The van der Waals surface area contributed by atoms with Crippen molar-refractivity contribution in [2.75, 3.05) is 11.9 Å². The summed E-state index contributed by atoms with van der Waals surface area (Å²) in [4.78, 5) is 40.5. The Balaban J connectivity index is 1.92. The van der Waals surface area contributed by atoms with Gasteiger partial charge in [-0.25, -0.2) is 4.79 Å². The molecule has 8 heteroatoms. The summed E-state index contributed by atoms with van der Waals surface area (Å²) in [6.07, 6.45) is 0.758. The van der Waals surface area contributed by atoms with Crippen LogP contribution in [-0.2, 0) is 14.3 Å². The maximum Gasteiger partial charge on any atom is 0.408 e. The minimum atomic E-state index is -1.07. The maximum atomic E-state index is 13.6. The SMILES string of the molecule is Cc1ccccc1NC(=O)C(c1cccc(C)c1O)N(C(=O)CNC(=O)OC(C)(C)C)C1CC1. The molecule has 34 heavy (non-hydrogen) atoms. The smallest absolute Gasteiger partial charge is 0.408 e. The number of nitrogens with zero attached hydrogens (tertiary/aromatic N) is 1. The van der Waals surface area contributed by atoms with Crippen LogP contribution in [0, 0.1) is 13.8 Å². The van der Waals surface area contributed by atoms with Gasteiger partial charge in [0, 0.05) is 17.3 Å². The van der Waals surface area contributed by atoms with E-state index < -0.39 is 29.6 Å². The van der Waals surface area contributed by atoms with Crippen molar-refractivity contribution in [2.45, 2.75) is 65.1 Å². The first kappa shape index (κ1) is 25.1. The number of benzene rings is 2. The number of rotatable bonds is 7. The third-order valence-electron chi connectivity index (χ3n) is 5.50. The van der Waals surface area contributed by atoms with Crippen molar-refractivity contribution in [1.29, 1.82) is 0 Å². The summed E-state index contributed by atoms with van der Waals surface area (Å²) in [6, 6.07) is 11.2. The van der Waals surface area contributed by atoms with E-state index in [9.17, 15) is 19.5 Å². The first-order chi connectivity index (χ1) is 16.0. The van der Waals surface area contributed by atoms with Gasteiger partial charge in [0.15, 0.2) is 0 Å². The molecule has 1 atom stereocenters. The summed E-state index contributed by atoms with van der Waals surface area (Å²) < 4.78 is 5.22. The van der Waals surface area contributed by atoms with E-state index in [0.29, 0.717) is 16.8 Å². The molecule has 182 valence electrons. The van der Waals surface area contributed by atoms with Gasteiger partial charge < -0.3 is 25.4 Å². The Bertz CT molecular complexity index is 1070. The summed E-state index contributed by atoms with van der Waals surface area (Å²) in [5.41, 5.74) is 1.73. The molecule has 1 unspecified atom stereocenters. The van der Waals surface area contributed by atoms with Gasteiger partial charge in [-0.3, -0.25) is 9.59 Å². The number of aromatic hydroxyl groups is 1. The number of nitrogens with one attached hydrogen (secondary N) is 2. The number of hydrogen-bond acceptors (Lipinski definition) is 5. The second-order valence-corrected chi connectivity index (χ2v) is 9.61. The van der Waals surface area contributed by atoms with Gasteiger partial charge in [-0.15, -0.1) is 0 Å². The zero-order valence-electron chi connectivity index (χ0n) is 20.3. The fourth-order valence-electron chi connectivity index (χ4n) is 3.70. The highest BCUT2D eigenvalue weighted by atomic mass is 16.6. The van der Waals surface area contributed by atoms with Gasteiger partial charge in [-0.2, -0.15) is 0 Å². The number of aryl methyl sites for hydroxylation is 2. The third kappa shape index (κ3) is 6.27. The fraction of sp³-hybridized carbons (Fsp3) is 0.423. The van der Waals surface area contributed by atoms with Crippen molar-refractivity contribution in [3.63, 3.8) is 0 Å². The zero-order chi connectivity index (χ0) is 25.0. The normalized spacial score (nSPS) is 14.1. The minimum absolute atomic E-state index is 0.0361. The summed E-state index contributed by atoms with van der Waals surface area (Å²) in [7, 11) is 0. The largest absolute Gasteiger partial charge is 0.507 e. The van der Waals surface area contributed by atoms with Crippen LogP contribution in [0.2, 0.25) is 0 Å². The van der Waals surface area contributed by atoms with E-state index in [0.717, 1.165) is 18.4 Å². The molecule has 1 aliphatic carbocycles. The van der Waals surface area contributed by atoms with Crippen molar-refractivity contribution in [2.24, 2.45) is 0 Å². The molecule has 0 aliphatic heterocycles. The number of carbonyl (C=O) groups is 3. The second kappa shape index (κ2) is 10.2. The predicted octanol–water partition coefficient (Wildman–Crippen LogP) is 4.20. The predicted molar refractivity (Wildman–Crippen MR) is 129 cm³/mol. The highest BCUT2D eigenvalue weighted by molar-refractivity contribution is 5.99. The molecule has 0 heterocycles. The van der Waals surface area contributed by atoms with E-state index in [1.807, 2.05) is 25.1 Å². The maximum absolute atomic E-state index is 13.6. The first-order valence-corrected chi connectivity index (χ1v) is 11.4. The average molecular weight is 468 g/mol. The molecule has 3 rings (SSSR count). The van der Waals surface area contributed by atoms with E-state index in [1.54, 1.807) is 52.0 Å². The molecule has 0 saturated heterocycles. The van der Waals surface area contributed by atoms with Crippen LogP contribution in [0.5, 0.6) is 5.75 Å². The lowest BCUT2D eigenvalue weighted by molar-refractivity contribution is -0.139. The highest BCUT2D eigenvalue weighted by Gasteiger charge is 2.42. The molecule has 0 aromatic heterocycles. The van der Waals surface area contributed by atoms with Crippen LogP contribution in [0.15, 0.2) is 42.5 Å². The van der Waals surface area contributed by atoms with E-state index >= 15 is 0 Å². The van der Waals surface area contributed by atoms with E-state index in [1.165, 1.54) is 4.90 Å². The fourth-order valence-corrected chi connectivity index (χ4v) is 3.70. The van der Waals surface area contributed by atoms with Crippen molar-refractivity contribution in [1.82, 2.24) is 10.2 Å². The molecule has 3 amide bonds. The van der Waals surface area contributed by atoms with Crippen LogP contribution in [0.4, 0.5) is 10.5 Å². The molecule has 0 bridgehead atoms. The van der Waals surface area contributed by atoms with Gasteiger partial charge in [0.25, 0.3) is 5.91 Å². The van der Waals surface area contributed by atoms with Gasteiger partial charge in [-0.1, -0.05) is 36.4 Å². The van der Waals surface area contributed by atoms with Crippen LogP contribution < -0.4 is 10.6 Å². The molecule has 2 aromatic carbocycles. The van der Waals surface area contributed by atoms with E-state index in [2.05, 4.69) is 10.6 Å². The summed E-state index contributed by atoms with van der Waals surface area (Å²) in [5.74, 6) is -0.905. The van der Waals surface area contributed by atoms with Crippen molar-refractivity contribution >= 4 is 23.6 Å². The third-order valence-corrected chi connectivity index (χ3v) is 5.50. The van der Waals surface area contributed by atoms with Crippen molar-refractivity contribution < 1.29 is 24.2 Å². The minimum Gasteiger partial charge on any atom is -0.507 e. The second-order valence-electron chi connectivity index (χ2n) is 9.61. The number of para-hydroxylation sites is 2. The van der Waals surface area contributed by atoms with Gasteiger partial charge in [0.2, 0.25) is 5.91 Å². The Labute approximate surface area is 200 Å². The summed E-state index contributed by atoms with van der Waals surface area (Å²) in [5, 5.41) is 16.2. The Morgan fingerprint density at radius 2 is 1.71 bits per heavy atom. The Hall–Kier alpha value is -3.55. The summed E-state index contributed by atoms with van der Waals surface area (Å²) in [6.45, 7) is 8.49. The highest BCUT2D eigenvalue weighted by Crippen LogP contribution is 2.39. The zero-order valence-corrected chi connectivity index (χ0v) is 20.3.